The van der Waals surface area contributed by atoms with Crippen LogP contribution in [0.5, 0.6) is 0 Å². The molecule has 1 fully saturated rings. The predicted molar refractivity (Wildman–Crippen MR) is 91.5 cm³/mol. The fourth-order valence-electron chi connectivity index (χ4n) is 1.95. The lowest BCUT2D eigenvalue weighted by molar-refractivity contribution is -0.121. The number of anilines is 1. The average molecular weight is 330 g/mol. The summed E-state index contributed by atoms with van der Waals surface area (Å²) < 4.78 is 13.6. The molecule has 110 valence electrons. The molecule has 3 rings (SSSR count). The van der Waals surface area contributed by atoms with Crippen LogP contribution in [0.2, 0.25) is 0 Å². The molecule has 1 amide bonds. The van der Waals surface area contributed by atoms with Gasteiger partial charge in [-0.05, 0) is 48.1 Å². The molecule has 0 radical (unpaired) electrons. The van der Waals surface area contributed by atoms with E-state index >= 15 is 0 Å². The van der Waals surface area contributed by atoms with Crippen LogP contribution in [0.1, 0.15) is 5.56 Å². The Kier molecular flexibility index (Phi) is 4.22. The number of rotatable bonds is 3. The van der Waals surface area contributed by atoms with Crippen molar-refractivity contribution in [1.29, 1.82) is 0 Å². The fourth-order valence-corrected chi connectivity index (χ4v) is 3.13. The lowest BCUT2D eigenvalue weighted by atomic mass is 10.2. The lowest BCUT2D eigenvalue weighted by Crippen LogP contribution is -2.33. The maximum absolute atomic E-state index is 13.2. The first-order chi connectivity index (χ1) is 10.6. The predicted octanol–water partition coefficient (Wildman–Crippen LogP) is 4.05. The summed E-state index contributed by atoms with van der Waals surface area (Å²) in [6.45, 7) is 0. The van der Waals surface area contributed by atoms with Gasteiger partial charge in [-0.2, -0.15) is 0 Å². The molecule has 3 nitrogen and oxygen atoms in total. The first-order valence-corrected chi connectivity index (χ1v) is 7.71. The van der Waals surface area contributed by atoms with Crippen LogP contribution in [0.15, 0.2) is 59.5 Å². The monoisotopic (exact) mass is 330 g/mol. The largest absolute Gasteiger partial charge is 0.290 e. The van der Waals surface area contributed by atoms with E-state index in [1.165, 1.54) is 28.9 Å². The van der Waals surface area contributed by atoms with Crippen molar-refractivity contribution in [3.8, 4) is 0 Å². The number of hydrogen-bond acceptors (Lipinski definition) is 4. The molecule has 0 aliphatic carbocycles. The first kappa shape index (κ1) is 14.7. The Hall–Kier alpha value is -2.18. The second-order valence-corrected chi connectivity index (χ2v) is 6.23. The molecule has 22 heavy (non-hydrogen) atoms. The zero-order valence-corrected chi connectivity index (χ0v) is 13.0. The minimum absolute atomic E-state index is 0.247. The Morgan fingerprint density at radius 3 is 2.64 bits per heavy atom. The minimum Gasteiger partial charge on any atom is -0.290 e. The Balaban J connectivity index is 1.82. The maximum atomic E-state index is 13.2. The molecule has 1 aliphatic rings. The third-order valence-electron chi connectivity index (χ3n) is 2.95. The molecule has 0 unspecified atom stereocenters. The van der Waals surface area contributed by atoms with Crippen molar-refractivity contribution in [2.75, 3.05) is 5.43 Å². The molecule has 0 atom stereocenters. The second kappa shape index (κ2) is 6.29. The van der Waals surface area contributed by atoms with Crippen molar-refractivity contribution < 1.29 is 9.18 Å². The molecule has 1 heterocycles. The van der Waals surface area contributed by atoms with Crippen molar-refractivity contribution in [1.82, 2.24) is 5.01 Å². The van der Waals surface area contributed by atoms with E-state index in [0.717, 1.165) is 5.69 Å². The number of thioether (sulfide) groups is 1. The van der Waals surface area contributed by atoms with Gasteiger partial charge in [0.25, 0.3) is 5.91 Å². The van der Waals surface area contributed by atoms with Gasteiger partial charge in [-0.25, -0.2) is 9.40 Å². The number of para-hydroxylation sites is 1. The number of thiocarbonyl (C=S) groups is 1. The summed E-state index contributed by atoms with van der Waals surface area (Å²) in [5, 5.41) is 1.32. The molecule has 1 N–H and O–H groups in total. The Morgan fingerprint density at radius 1 is 1.14 bits per heavy atom. The number of hydrogen-bond donors (Lipinski definition) is 1. The quantitative estimate of drug-likeness (QED) is 0.680. The van der Waals surface area contributed by atoms with Crippen LogP contribution in [0.25, 0.3) is 6.08 Å². The van der Waals surface area contributed by atoms with Crippen molar-refractivity contribution in [2.24, 2.45) is 0 Å². The SMILES string of the molecule is O=C1C(=Cc2cccc(F)c2)SC(=S)N1Nc1ccccc1. The summed E-state index contributed by atoms with van der Waals surface area (Å²) in [6.07, 6.45) is 1.63. The van der Waals surface area contributed by atoms with Gasteiger partial charge in [0.15, 0.2) is 4.32 Å². The van der Waals surface area contributed by atoms with Crippen LogP contribution < -0.4 is 5.43 Å². The topological polar surface area (TPSA) is 32.3 Å². The van der Waals surface area contributed by atoms with Crippen LogP contribution in [0, 0.1) is 5.82 Å². The Labute approximate surface area is 136 Å². The van der Waals surface area contributed by atoms with Gasteiger partial charge in [-0.3, -0.25) is 10.2 Å². The van der Waals surface area contributed by atoms with Gasteiger partial charge in [0, 0.05) is 0 Å². The summed E-state index contributed by atoms with van der Waals surface area (Å²) in [4.78, 5) is 12.9. The van der Waals surface area contributed by atoms with Crippen LogP contribution in [-0.4, -0.2) is 15.2 Å². The van der Waals surface area contributed by atoms with Crippen molar-refractivity contribution >= 4 is 46.0 Å². The van der Waals surface area contributed by atoms with Gasteiger partial charge in [-0.15, -0.1) is 0 Å². The number of amides is 1. The molecular weight excluding hydrogens is 319 g/mol. The number of nitrogens with zero attached hydrogens (tertiary/aromatic N) is 1. The number of nitrogens with one attached hydrogen (secondary N) is 1. The highest BCUT2D eigenvalue weighted by molar-refractivity contribution is 8.26. The van der Waals surface area contributed by atoms with E-state index in [-0.39, 0.29) is 11.7 Å². The number of benzene rings is 2. The van der Waals surface area contributed by atoms with E-state index in [1.54, 1.807) is 18.2 Å². The highest BCUT2D eigenvalue weighted by Gasteiger charge is 2.32. The second-order valence-electron chi connectivity index (χ2n) is 4.55. The van der Waals surface area contributed by atoms with E-state index < -0.39 is 0 Å². The maximum Gasteiger partial charge on any atom is 0.285 e. The van der Waals surface area contributed by atoms with Gasteiger partial charge in [0.05, 0.1) is 10.6 Å². The van der Waals surface area contributed by atoms with E-state index in [4.69, 9.17) is 12.2 Å². The van der Waals surface area contributed by atoms with Crippen LogP contribution in [0.3, 0.4) is 0 Å². The van der Waals surface area contributed by atoms with Crippen LogP contribution in [-0.2, 0) is 4.79 Å². The Bertz CT molecular complexity index is 762. The van der Waals surface area contributed by atoms with Crippen LogP contribution in [0.4, 0.5) is 10.1 Å². The molecule has 0 saturated carbocycles. The summed E-state index contributed by atoms with van der Waals surface area (Å²) in [5.74, 6) is -0.588. The fraction of sp³-hybridized carbons (Fsp3) is 0. The number of carbonyl (C=O) groups excluding carboxylic acids is 1. The van der Waals surface area contributed by atoms with Crippen molar-refractivity contribution in [2.45, 2.75) is 0 Å². The van der Waals surface area contributed by atoms with Crippen molar-refractivity contribution in [3.63, 3.8) is 0 Å². The molecule has 2 aromatic carbocycles. The van der Waals surface area contributed by atoms with E-state index in [1.807, 2.05) is 30.3 Å². The molecule has 0 aromatic heterocycles. The van der Waals surface area contributed by atoms with Gasteiger partial charge in [0.2, 0.25) is 0 Å². The summed E-state index contributed by atoms with van der Waals surface area (Å²) >= 11 is 6.41. The zero-order chi connectivity index (χ0) is 15.5. The van der Waals surface area contributed by atoms with E-state index in [9.17, 15) is 9.18 Å². The standard InChI is InChI=1S/C16H11FN2OS2/c17-12-6-4-5-11(9-12)10-14-15(20)19(16(21)22-14)18-13-7-2-1-3-8-13/h1-10,18H. The summed E-state index contributed by atoms with van der Waals surface area (Å²) in [7, 11) is 0. The van der Waals surface area contributed by atoms with Gasteiger partial charge < -0.3 is 0 Å². The third kappa shape index (κ3) is 3.18. The molecule has 6 heteroatoms. The average Bonchev–Trinajstić information content (AvgIpc) is 2.76. The molecule has 0 spiro atoms. The Morgan fingerprint density at radius 2 is 1.91 bits per heavy atom. The minimum atomic E-state index is -0.341. The highest BCUT2D eigenvalue weighted by atomic mass is 32.2. The molecule has 1 aliphatic heterocycles. The number of halogens is 1. The third-order valence-corrected chi connectivity index (χ3v) is 4.26. The smallest absolute Gasteiger partial charge is 0.285 e. The molecule has 2 aromatic rings. The molecular formula is C16H11FN2OS2. The van der Waals surface area contributed by atoms with Gasteiger partial charge in [-0.1, -0.05) is 42.1 Å². The molecule has 0 bridgehead atoms. The molecule has 1 saturated heterocycles. The lowest BCUT2D eigenvalue weighted by Gasteiger charge is -2.16. The number of carbonyl (C=O) groups is 1. The normalized spacial score (nSPS) is 16.4. The highest BCUT2D eigenvalue weighted by Crippen LogP contribution is 2.32. The zero-order valence-electron chi connectivity index (χ0n) is 11.3. The summed E-state index contributed by atoms with van der Waals surface area (Å²) in [6, 6.07) is 15.4. The van der Waals surface area contributed by atoms with Gasteiger partial charge in [0.1, 0.15) is 5.82 Å². The number of hydrazine groups is 1. The van der Waals surface area contributed by atoms with Crippen LogP contribution >= 0.6 is 24.0 Å². The van der Waals surface area contributed by atoms with Gasteiger partial charge >= 0.3 is 0 Å². The summed E-state index contributed by atoms with van der Waals surface area (Å²) in [5.41, 5.74) is 4.37. The van der Waals surface area contributed by atoms with Crippen molar-refractivity contribution in [3.05, 3.63) is 70.9 Å². The van der Waals surface area contributed by atoms with E-state index in [2.05, 4.69) is 5.43 Å². The first-order valence-electron chi connectivity index (χ1n) is 6.49. The van der Waals surface area contributed by atoms with E-state index in [0.29, 0.717) is 14.8 Å².